The van der Waals surface area contributed by atoms with Gasteiger partial charge in [-0.15, -0.1) is 0 Å². The smallest absolute Gasteiger partial charge is 0.374 e. The van der Waals surface area contributed by atoms with Gasteiger partial charge in [0.05, 0.1) is 20.3 Å². The summed E-state index contributed by atoms with van der Waals surface area (Å²) >= 11 is 0. The van der Waals surface area contributed by atoms with Gasteiger partial charge in [-0.3, -0.25) is 0 Å². The summed E-state index contributed by atoms with van der Waals surface area (Å²) in [5.74, 6) is -0.225. The lowest BCUT2D eigenvalue weighted by molar-refractivity contribution is -0.0803. The molecule has 0 aliphatic carbocycles. The van der Waals surface area contributed by atoms with Gasteiger partial charge in [-0.25, -0.2) is 4.79 Å². The number of aromatic carboxylic acids is 1. The predicted molar refractivity (Wildman–Crippen MR) is 70.7 cm³/mol. The third-order valence-electron chi connectivity index (χ3n) is 3.08. The molecule has 7 heteroatoms. The molecule has 1 aliphatic heterocycles. The fourth-order valence-electron chi connectivity index (χ4n) is 1.90. The number of hydrogen-bond donors (Lipinski definition) is 1. The summed E-state index contributed by atoms with van der Waals surface area (Å²) in [6.45, 7) is 1.13. The fourth-order valence-corrected chi connectivity index (χ4v) is 1.90. The third-order valence-corrected chi connectivity index (χ3v) is 3.08. The Bertz CT molecular complexity index is 661. The minimum absolute atomic E-state index is 0.0374. The molecular formula is C14H13NO6. The molecule has 1 aliphatic rings. The van der Waals surface area contributed by atoms with Gasteiger partial charge in [-0.2, -0.15) is 0 Å². The maximum absolute atomic E-state index is 10.8. The molecule has 0 amide bonds. The van der Waals surface area contributed by atoms with Crippen LogP contribution in [0, 0.1) is 0 Å². The Labute approximate surface area is 120 Å². The van der Waals surface area contributed by atoms with Crippen molar-refractivity contribution in [3.05, 3.63) is 30.0 Å². The molecule has 2 heterocycles. The maximum atomic E-state index is 10.8. The van der Waals surface area contributed by atoms with Crippen molar-refractivity contribution in [3.8, 4) is 22.8 Å². The third kappa shape index (κ3) is 2.68. The highest BCUT2D eigenvalue weighted by Gasteiger charge is 2.22. The van der Waals surface area contributed by atoms with Gasteiger partial charge in [0.25, 0.3) is 0 Å². The van der Waals surface area contributed by atoms with E-state index < -0.39 is 5.97 Å². The van der Waals surface area contributed by atoms with E-state index >= 15 is 0 Å². The van der Waals surface area contributed by atoms with Crippen LogP contribution in [0.5, 0.6) is 11.5 Å². The Balaban J connectivity index is 1.86. The Hall–Kier alpha value is -2.54. The van der Waals surface area contributed by atoms with Crippen LogP contribution < -0.4 is 9.47 Å². The van der Waals surface area contributed by atoms with Crippen molar-refractivity contribution in [1.82, 2.24) is 5.16 Å². The largest absolute Gasteiger partial charge is 0.493 e. The Morgan fingerprint density at radius 2 is 2.14 bits per heavy atom. The number of rotatable bonds is 5. The summed E-state index contributed by atoms with van der Waals surface area (Å²) in [6, 6.07) is 6.60. The molecule has 1 N–H and O–H groups in total. The molecule has 0 radical (unpaired) electrons. The first-order valence-corrected chi connectivity index (χ1v) is 6.30. The van der Waals surface area contributed by atoms with E-state index in [0.29, 0.717) is 36.0 Å². The first-order chi connectivity index (χ1) is 10.2. The molecule has 0 bridgehead atoms. The fraction of sp³-hybridized carbons (Fsp3) is 0.286. The quantitative estimate of drug-likeness (QED) is 0.898. The second kappa shape index (κ2) is 5.45. The molecule has 1 saturated heterocycles. The minimum atomic E-state index is -1.16. The summed E-state index contributed by atoms with van der Waals surface area (Å²) in [5.41, 5.74) is 1.10. The van der Waals surface area contributed by atoms with E-state index in [1.807, 2.05) is 0 Å². The Morgan fingerprint density at radius 3 is 2.71 bits per heavy atom. The van der Waals surface area contributed by atoms with Crippen LogP contribution in [-0.2, 0) is 4.74 Å². The van der Waals surface area contributed by atoms with Gasteiger partial charge in [0.2, 0.25) is 5.76 Å². The zero-order valence-electron chi connectivity index (χ0n) is 11.2. The lowest BCUT2D eigenvalue weighted by Gasteiger charge is -2.27. The zero-order valence-corrected chi connectivity index (χ0v) is 11.2. The van der Waals surface area contributed by atoms with E-state index in [0.717, 1.165) is 0 Å². The number of ether oxygens (including phenoxy) is 3. The minimum Gasteiger partial charge on any atom is -0.493 e. The van der Waals surface area contributed by atoms with Crippen molar-refractivity contribution in [2.75, 3.05) is 20.3 Å². The van der Waals surface area contributed by atoms with E-state index in [-0.39, 0.29) is 11.9 Å². The SMILES string of the molecule is COc1cc(-c2cc(C(=O)O)on2)ccc1OC1COC1. The van der Waals surface area contributed by atoms with Crippen molar-refractivity contribution in [1.29, 1.82) is 0 Å². The molecule has 0 saturated carbocycles. The highest BCUT2D eigenvalue weighted by atomic mass is 16.6. The number of carboxylic acids is 1. The first kappa shape index (κ1) is 13.4. The molecule has 1 aromatic heterocycles. The molecule has 0 atom stereocenters. The number of hydrogen-bond acceptors (Lipinski definition) is 6. The van der Waals surface area contributed by atoms with Crippen LogP contribution in [0.2, 0.25) is 0 Å². The average Bonchev–Trinajstić information content (AvgIpc) is 2.92. The van der Waals surface area contributed by atoms with Gasteiger partial charge < -0.3 is 23.8 Å². The lowest BCUT2D eigenvalue weighted by atomic mass is 10.1. The molecule has 1 aromatic carbocycles. The van der Waals surface area contributed by atoms with E-state index in [4.69, 9.17) is 23.8 Å². The summed E-state index contributed by atoms with van der Waals surface area (Å²) < 4.78 is 20.8. The second-order valence-corrected chi connectivity index (χ2v) is 4.52. The number of nitrogens with zero attached hydrogens (tertiary/aromatic N) is 1. The van der Waals surface area contributed by atoms with Crippen LogP contribution in [0.1, 0.15) is 10.6 Å². The Morgan fingerprint density at radius 1 is 1.33 bits per heavy atom. The van der Waals surface area contributed by atoms with Crippen molar-refractivity contribution < 1.29 is 28.6 Å². The topological polar surface area (TPSA) is 91.0 Å². The van der Waals surface area contributed by atoms with Gasteiger partial charge in [-0.05, 0) is 18.2 Å². The van der Waals surface area contributed by atoms with E-state index in [1.165, 1.54) is 13.2 Å². The van der Waals surface area contributed by atoms with Gasteiger partial charge >= 0.3 is 5.97 Å². The number of carbonyl (C=O) groups is 1. The van der Waals surface area contributed by atoms with Crippen LogP contribution in [0.3, 0.4) is 0 Å². The van der Waals surface area contributed by atoms with Gasteiger partial charge in [0.15, 0.2) is 11.5 Å². The van der Waals surface area contributed by atoms with Crippen molar-refractivity contribution in [3.63, 3.8) is 0 Å². The molecule has 7 nitrogen and oxygen atoms in total. The first-order valence-electron chi connectivity index (χ1n) is 6.30. The highest BCUT2D eigenvalue weighted by molar-refractivity contribution is 5.85. The maximum Gasteiger partial charge on any atom is 0.374 e. The van der Waals surface area contributed by atoms with Crippen LogP contribution in [-0.4, -0.2) is 42.7 Å². The standard InChI is InChI=1S/C14H13NO6/c1-18-12-4-8(10-5-13(14(16)17)21-15-10)2-3-11(12)20-9-6-19-7-9/h2-5,9H,6-7H2,1H3,(H,16,17). The molecule has 2 aromatic rings. The summed E-state index contributed by atoms with van der Waals surface area (Å²) in [7, 11) is 1.54. The zero-order chi connectivity index (χ0) is 14.8. The molecule has 21 heavy (non-hydrogen) atoms. The number of benzene rings is 1. The molecule has 0 spiro atoms. The molecular weight excluding hydrogens is 278 g/mol. The van der Waals surface area contributed by atoms with Crippen molar-refractivity contribution in [2.45, 2.75) is 6.10 Å². The molecule has 1 fully saturated rings. The van der Waals surface area contributed by atoms with E-state index in [9.17, 15) is 4.79 Å². The monoisotopic (exact) mass is 291 g/mol. The normalized spacial score (nSPS) is 14.5. The number of aromatic nitrogens is 1. The van der Waals surface area contributed by atoms with Crippen LogP contribution in [0.25, 0.3) is 11.3 Å². The van der Waals surface area contributed by atoms with Crippen LogP contribution in [0.4, 0.5) is 0 Å². The second-order valence-electron chi connectivity index (χ2n) is 4.52. The van der Waals surface area contributed by atoms with E-state index in [1.54, 1.807) is 18.2 Å². The highest BCUT2D eigenvalue weighted by Crippen LogP contribution is 2.33. The number of methoxy groups -OCH3 is 1. The van der Waals surface area contributed by atoms with Crippen LogP contribution in [0.15, 0.2) is 28.8 Å². The van der Waals surface area contributed by atoms with Crippen LogP contribution >= 0.6 is 0 Å². The summed E-state index contributed by atoms with van der Waals surface area (Å²) in [4.78, 5) is 10.8. The van der Waals surface area contributed by atoms with Gasteiger partial charge in [0.1, 0.15) is 11.8 Å². The predicted octanol–water partition coefficient (Wildman–Crippen LogP) is 1.83. The van der Waals surface area contributed by atoms with E-state index in [2.05, 4.69) is 5.16 Å². The number of carboxylic acid groups (broad SMARTS) is 1. The van der Waals surface area contributed by atoms with Gasteiger partial charge in [0, 0.05) is 11.6 Å². The Kier molecular flexibility index (Phi) is 3.49. The lowest BCUT2D eigenvalue weighted by Crippen LogP contribution is -2.38. The van der Waals surface area contributed by atoms with Crippen molar-refractivity contribution in [2.24, 2.45) is 0 Å². The van der Waals surface area contributed by atoms with Crippen molar-refractivity contribution >= 4 is 5.97 Å². The average molecular weight is 291 g/mol. The van der Waals surface area contributed by atoms with Gasteiger partial charge in [-0.1, -0.05) is 5.16 Å². The molecule has 0 unspecified atom stereocenters. The molecule has 110 valence electrons. The summed E-state index contributed by atoms with van der Waals surface area (Å²) in [6.07, 6.45) is 0.0374. The summed E-state index contributed by atoms with van der Waals surface area (Å²) in [5, 5.41) is 12.6. The molecule has 3 rings (SSSR count).